The normalized spacial score (nSPS) is 19.9. The van der Waals surface area contributed by atoms with Crippen LogP contribution in [0, 0.1) is 6.92 Å². The van der Waals surface area contributed by atoms with E-state index in [9.17, 15) is 18.0 Å². The molecule has 1 fully saturated rings. The topological polar surface area (TPSA) is 74.8 Å². The van der Waals surface area contributed by atoms with Crippen molar-refractivity contribution in [2.75, 3.05) is 6.54 Å². The summed E-state index contributed by atoms with van der Waals surface area (Å²) in [5.41, 5.74) is 0.925. The van der Waals surface area contributed by atoms with Crippen LogP contribution in [-0.4, -0.2) is 42.7 Å². The first-order valence-electron chi connectivity index (χ1n) is 5.75. The van der Waals surface area contributed by atoms with E-state index in [2.05, 4.69) is 0 Å². The number of rotatable bonds is 3. The number of urea groups is 1. The van der Waals surface area contributed by atoms with Gasteiger partial charge < -0.3 is 0 Å². The van der Waals surface area contributed by atoms with Gasteiger partial charge in [0.15, 0.2) is 0 Å². The second-order valence-electron chi connectivity index (χ2n) is 4.50. The Kier molecular flexibility index (Phi) is 3.32. The first-order chi connectivity index (χ1) is 8.87. The van der Waals surface area contributed by atoms with E-state index in [1.54, 1.807) is 19.1 Å². The molecule has 1 saturated heterocycles. The Morgan fingerprint density at radius 3 is 2.32 bits per heavy atom. The average molecular weight is 282 g/mol. The third-order valence-electron chi connectivity index (χ3n) is 3.00. The van der Waals surface area contributed by atoms with Crippen LogP contribution in [0.1, 0.15) is 12.5 Å². The van der Waals surface area contributed by atoms with Crippen LogP contribution in [0.25, 0.3) is 0 Å². The average Bonchev–Trinajstić information content (AvgIpc) is 2.65. The summed E-state index contributed by atoms with van der Waals surface area (Å²) >= 11 is 0. The van der Waals surface area contributed by atoms with E-state index in [0.717, 1.165) is 14.8 Å². The van der Waals surface area contributed by atoms with Crippen LogP contribution in [-0.2, 0) is 14.8 Å². The van der Waals surface area contributed by atoms with Gasteiger partial charge in [0, 0.05) is 0 Å². The smallest absolute Gasteiger partial charge is 0.278 e. The van der Waals surface area contributed by atoms with E-state index < -0.39 is 22.1 Å². The van der Waals surface area contributed by atoms with Gasteiger partial charge >= 0.3 is 6.03 Å². The second-order valence-corrected chi connectivity index (χ2v) is 6.32. The SMILES string of the molecule is Cc1ccc(S(=O)(=O)N2C(=O)N(C=O)CC2C)cc1. The fraction of sp³-hybridized carbons (Fsp3) is 0.333. The molecule has 7 heteroatoms. The van der Waals surface area contributed by atoms with E-state index >= 15 is 0 Å². The number of sulfonamides is 1. The van der Waals surface area contributed by atoms with Crippen LogP contribution >= 0.6 is 0 Å². The zero-order valence-corrected chi connectivity index (χ0v) is 11.4. The summed E-state index contributed by atoms with van der Waals surface area (Å²) in [7, 11) is -3.91. The molecule has 6 nitrogen and oxygen atoms in total. The van der Waals surface area contributed by atoms with Gasteiger partial charge in [0.1, 0.15) is 0 Å². The minimum absolute atomic E-state index is 0.0473. The lowest BCUT2D eigenvalue weighted by molar-refractivity contribution is -0.115. The number of carbonyl (C=O) groups is 2. The highest BCUT2D eigenvalue weighted by atomic mass is 32.2. The number of nitrogens with zero attached hydrogens (tertiary/aromatic N) is 2. The zero-order chi connectivity index (χ0) is 14.2. The number of hydrogen-bond acceptors (Lipinski definition) is 4. The van der Waals surface area contributed by atoms with Gasteiger partial charge in [-0.3, -0.25) is 9.69 Å². The van der Waals surface area contributed by atoms with Gasteiger partial charge in [0.2, 0.25) is 6.41 Å². The Balaban J connectivity index is 2.42. The molecule has 0 spiro atoms. The lowest BCUT2D eigenvalue weighted by Gasteiger charge is -2.19. The van der Waals surface area contributed by atoms with Crippen LogP contribution in [0.15, 0.2) is 29.2 Å². The van der Waals surface area contributed by atoms with Crippen LogP contribution in [0.4, 0.5) is 4.79 Å². The standard InChI is InChI=1S/C12H14N2O4S/c1-9-3-5-11(6-4-9)19(17,18)14-10(2)7-13(8-15)12(14)16/h3-6,8,10H,7H2,1-2H3. The number of benzene rings is 1. The minimum Gasteiger partial charge on any atom is -0.278 e. The molecule has 102 valence electrons. The van der Waals surface area contributed by atoms with Crippen LogP contribution in [0.3, 0.4) is 0 Å². The highest BCUT2D eigenvalue weighted by molar-refractivity contribution is 7.89. The third-order valence-corrected chi connectivity index (χ3v) is 4.90. The summed E-state index contributed by atoms with van der Waals surface area (Å²) in [5.74, 6) is 0. The summed E-state index contributed by atoms with van der Waals surface area (Å²) in [6.07, 6.45) is 0.351. The molecule has 1 unspecified atom stereocenters. The summed E-state index contributed by atoms with van der Waals surface area (Å²) in [6.45, 7) is 3.51. The van der Waals surface area contributed by atoms with Crippen molar-refractivity contribution < 1.29 is 18.0 Å². The fourth-order valence-electron chi connectivity index (χ4n) is 2.00. The van der Waals surface area contributed by atoms with Crippen LogP contribution in [0.5, 0.6) is 0 Å². The van der Waals surface area contributed by atoms with E-state index in [1.165, 1.54) is 12.1 Å². The third kappa shape index (κ3) is 2.21. The highest BCUT2D eigenvalue weighted by Crippen LogP contribution is 2.24. The van der Waals surface area contributed by atoms with Gasteiger partial charge in [-0.05, 0) is 26.0 Å². The van der Waals surface area contributed by atoms with Crippen molar-refractivity contribution in [3.8, 4) is 0 Å². The van der Waals surface area contributed by atoms with Gasteiger partial charge in [0.25, 0.3) is 10.0 Å². The molecule has 0 aliphatic carbocycles. The lowest BCUT2D eigenvalue weighted by atomic mass is 10.2. The molecule has 1 aliphatic rings. The van der Waals surface area contributed by atoms with E-state index in [-0.39, 0.29) is 11.4 Å². The monoisotopic (exact) mass is 282 g/mol. The van der Waals surface area contributed by atoms with E-state index in [1.807, 2.05) is 6.92 Å². The summed E-state index contributed by atoms with van der Waals surface area (Å²) in [5, 5.41) is 0. The molecular weight excluding hydrogens is 268 g/mol. The first kappa shape index (κ1) is 13.5. The van der Waals surface area contributed by atoms with Gasteiger partial charge in [-0.15, -0.1) is 0 Å². The molecule has 0 bridgehead atoms. The van der Waals surface area contributed by atoms with Crippen molar-refractivity contribution in [2.24, 2.45) is 0 Å². The van der Waals surface area contributed by atoms with Crippen LogP contribution < -0.4 is 0 Å². The highest BCUT2D eigenvalue weighted by Gasteiger charge is 2.42. The Bertz CT molecular complexity index is 609. The van der Waals surface area contributed by atoms with Crippen molar-refractivity contribution in [3.63, 3.8) is 0 Å². The summed E-state index contributed by atoms with van der Waals surface area (Å²) in [6, 6.07) is 4.86. The van der Waals surface area contributed by atoms with E-state index in [4.69, 9.17) is 0 Å². The lowest BCUT2D eigenvalue weighted by Crippen LogP contribution is -2.38. The molecule has 1 aromatic carbocycles. The Morgan fingerprint density at radius 1 is 1.26 bits per heavy atom. The molecule has 3 amide bonds. The summed E-state index contributed by atoms with van der Waals surface area (Å²) < 4.78 is 25.5. The van der Waals surface area contributed by atoms with Crippen molar-refractivity contribution in [2.45, 2.75) is 24.8 Å². The largest absolute Gasteiger partial charge is 0.340 e. The molecule has 2 rings (SSSR count). The Morgan fingerprint density at radius 2 is 1.84 bits per heavy atom. The molecular formula is C12H14N2O4S. The number of amides is 3. The molecule has 1 aliphatic heterocycles. The molecule has 0 N–H and O–H groups in total. The van der Waals surface area contributed by atoms with Gasteiger partial charge in [0.05, 0.1) is 17.5 Å². The molecule has 1 aromatic rings. The predicted molar refractivity (Wildman–Crippen MR) is 67.8 cm³/mol. The van der Waals surface area contributed by atoms with E-state index in [0.29, 0.717) is 6.41 Å². The maximum atomic E-state index is 12.4. The Hall–Kier alpha value is -1.89. The quantitative estimate of drug-likeness (QED) is 0.774. The number of aryl methyl sites for hydroxylation is 1. The Labute approximate surface area is 111 Å². The molecule has 1 atom stereocenters. The zero-order valence-electron chi connectivity index (χ0n) is 10.6. The maximum absolute atomic E-state index is 12.4. The molecule has 0 saturated carbocycles. The number of hydrogen-bond donors (Lipinski definition) is 0. The van der Waals surface area contributed by atoms with Crippen molar-refractivity contribution >= 4 is 22.5 Å². The predicted octanol–water partition coefficient (Wildman–Crippen LogP) is 0.966. The fourth-order valence-corrected chi connectivity index (χ4v) is 3.56. The van der Waals surface area contributed by atoms with Crippen molar-refractivity contribution in [1.29, 1.82) is 0 Å². The van der Waals surface area contributed by atoms with Crippen molar-refractivity contribution in [1.82, 2.24) is 9.21 Å². The molecule has 0 radical (unpaired) electrons. The maximum Gasteiger partial charge on any atom is 0.340 e. The second kappa shape index (κ2) is 4.65. The van der Waals surface area contributed by atoms with Gasteiger partial charge in [-0.2, -0.15) is 0 Å². The number of carbonyl (C=O) groups excluding carboxylic acids is 2. The molecule has 19 heavy (non-hydrogen) atoms. The molecule has 0 aromatic heterocycles. The van der Waals surface area contributed by atoms with Gasteiger partial charge in [-0.25, -0.2) is 17.5 Å². The summed E-state index contributed by atoms with van der Waals surface area (Å²) in [4.78, 5) is 23.5. The van der Waals surface area contributed by atoms with Crippen molar-refractivity contribution in [3.05, 3.63) is 29.8 Å². The van der Waals surface area contributed by atoms with Crippen LogP contribution in [0.2, 0.25) is 0 Å². The molecule has 1 heterocycles. The first-order valence-corrected chi connectivity index (χ1v) is 7.19. The van der Waals surface area contributed by atoms with Gasteiger partial charge in [-0.1, -0.05) is 17.7 Å². The minimum atomic E-state index is -3.91. The number of imide groups is 1.